The van der Waals surface area contributed by atoms with Gasteiger partial charge in [-0.05, 0) is 23.7 Å². The Labute approximate surface area is 182 Å². The first kappa shape index (κ1) is 24.3. The quantitative estimate of drug-likeness (QED) is 0.190. The number of ether oxygens (including phenoxy) is 5. The molecule has 168 valence electrons. The number of azide groups is 1. The minimum absolute atomic E-state index is 0.257. The van der Waals surface area contributed by atoms with Gasteiger partial charge in [0, 0.05) is 30.6 Å². The van der Waals surface area contributed by atoms with Crippen molar-refractivity contribution in [3.63, 3.8) is 0 Å². The maximum absolute atomic E-state index is 11.8. The van der Waals surface area contributed by atoms with Crippen LogP contribution in [0.3, 0.4) is 0 Å². The van der Waals surface area contributed by atoms with Crippen LogP contribution in [0, 0.1) is 0 Å². The SMILES string of the molecule is COc1cccc(S[C@H]2OC(COC(C)=O)[C@H](OC(C)=O)C(N=[N+]=[N-])C2OC(C)=O)c1. The van der Waals surface area contributed by atoms with Crippen molar-refractivity contribution in [2.75, 3.05) is 13.7 Å². The number of rotatable bonds is 8. The van der Waals surface area contributed by atoms with E-state index in [-0.39, 0.29) is 6.61 Å². The highest BCUT2D eigenvalue weighted by Gasteiger charge is 2.50. The van der Waals surface area contributed by atoms with Crippen molar-refractivity contribution in [3.05, 3.63) is 34.7 Å². The molecule has 12 heteroatoms. The molecule has 1 aliphatic rings. The van der Waals surface area contributed by atoms with E-state index >= 15 is 0 Å². The molecule has 0 saturated carbocycles. The Morgan fingerprint density at radius 3 is 2.39 bits per heavy atom. The normalized spacial score (nSPS) is 25.0. The molecule has 11 nitrogen and oxygen atoms in total. The molecule has 31 heavy (non-hydrogen) atoms. The number of hydrogen-bond acceptors (Lipinski definition) is 10. The minimum atomic E-state index is -1.14. The van der Waals surface area contributed by atoms with Crippen molar-refractivity contribution in [1.82, 2.24) is 0 Å². The van der Waals surface area contributed by atoms with Gasteiger partial charge in [-0.25, -0.2) is 0 Å². The van der Waals surface area contributed by atoms with Crippen LogP contribution in [0.1, 0.15) is 20.8 Å². The summed E-state index contributed by atoms with van der Waals surface area (Å²) in [6.07, 6.45) is -3.18. The summed E-state index contributed by atoms with van der Waals surface area (Å²) in [6.45, 7) is 3.34. The monoisotopic (exact) mass is 453 g/mol. The summed E-state index contributed by atoms with van der Waals surface area (Å²) >= 11 is 1.19. The first-order chi connectivity index (χ1) is 14.7. The third-order valence-electron chi connectivity index (χ3n) is 4.15. The Hall–Kier alpha value is -2.95. The van der Waals surface area contributed by atoms with Crippen molar-refractivity contribution >= 4 is 29.7 Å². The zero-order valence-corrected chi connectivity index (χ0v) is 18.2. The fraction of sp³-hybridized carbons (Fsp3) is 0.526. The maximum Gasteiger partial charge on any atom is 0.303 e. The summed E-state index contributed by atoms with van der Waals surface area (Å²) in [6, 6.07) is 5.96. The van der Waals surface area contributed by atoms with Crippen LogP contribution in [0.5, 0.6) is 5.75 Å². The number of hydrogen-bond donors (Lipinski definition) is 0. The van der Waals surface area contributed by atoms with Gasteiger partial charge in [0.05, 0.1) is 7.11 Å². The lowest BCUT2D eigenvalue weighted by atomic mass is 9.97. The predicted octanol–water partition coefficient (Wildman–Crippen LogP) is 2.62. The van der Waals surface area contributed by atoms with Crippen LogP contribution in [0.25, 0.3) is 10.4 Å². The standard InChI is InChI=1S/C19H23N3O8S/c1-10(23)27-9-15-17(28-11(2)24)16(21-22-20)18(29-12(3)25)19(30-15)31-14-7-5-6-13(8-14)26-4/h5-8,15-19H,9H2,1-4H3/t15?,16?,17-,18?,19+/m0/s1. The maximum atomic E-state index is 11.8. The molecule has 5 atom stereocenters. The molecule has 0 amide bonds. The number of carbonyl (C=O) groups excluding carboxylic acids is 3. The highest BCUT2D eigenvalue weighted by molar-refractivity contribution is 7.99. The Morgan fingerprint density at radius 2 is 1.81 bits per heavy atom. The second kappa shape index (κ2) is 11.4. The Balaban J connectivity index is 2.43. The smallest absolute Gasteiger partial charge is 0.303 e. The molecule has 2 rings (SSSR count). The predicted molar refractivity (Wildman–Crippen MR) is 108 cm³/mol. The number of benzene rings is 1. The molecule has 0 bridgehead atoms. The average Bonchev–Trinajstić information content (AvgIpc) is 2.70. The van der Waals surface area contributed by atoms with E-state index < -0.39 is 47.7 Å². The molecular weight excluding hydrogens is 430 g/mol. The summed E-state index contributed by atoms with van der Waals surface area (Å²) in [5, 5.41) is 3.72. The van der Waals surface area contributed by atoms with Crippen LogP contribution >= 0.6 is 11.8 Å². The van der Waals surface area contributed by atoms with Crippen molar-refractivity contribution in [2.24, 2.45) is 5.11 Å². The van der Waals surface area contributed by atoms with E-state index in [0.717, 1.165) is 4.90 Å². The minimum Gasteiger partial charge on any atom is -0.497 e. The van der Waals surface area contributed by atoms with Crippen LogP contribution in [0.15, 0.2) is 34.3 Å². The van der Waals surface area contributed by atoms with Gasteiger partial charge in [-0.1, -0.05) is 22.9 Å². The molecule has 1 aromatic rings. The Morgan fingerprint density at radius 1 is 1.13 bits per heavy atom. The molecule has 0 radical (unpaired) electrons. The van der Waals surface area contributed by atoms with Crippen LogP contribution < -0.4 is 4.74 Å². The van der Waals surface area contributed by atoms with Gasteiger partial charge in [0.25, 0.3) is 0 Å². The molecule has 1 aromatic carbocycles. The van der Waals surface area contributed by atoms with Gasteiger partial charge >= 0.3 is 17.9 Å². The topological polar surface area (TPSA) is 146 Å². The van der Waals surface area contributed by atoms with Crippen LogP contribution in [0.4, 0.5) is 0 Å². The summed E-state index contributed by atoms with van der Waals surface area (Å²) in [5.74, 6) is -1.27. The average molecular weight is 453 g/mol. The van der Waals surface area contributed by atoms with Gasteiger partial charge in [-0.3, -0.25) is 14.4 Å². The second-order valence-electron chi connectivity index (χ2n) is 6.49. The van der Waals surface area contributed by atoms with Gasteiger partial charge in [0.15, 0.2) is 0 Å². The highest BCUT2D eigenvalue weighted by atomic mass is 32.2. The first-order valence-electron chi connectivity index (χ1n) is 9.23. The van der Waals surface area contributed by atoms with Crippen molar-refractivity contribution in [3.8, 4) is 5.75 Å². The van der Waals surface area contributed by atoms with Gasteiger partial charge in [0.1, 0.15) is 42.1 Å². The molecule has 0 spiro atoms. The van der Waals surface area contributed by atoms with Crippen LogP contribution in [-0.4, -0.2) is 61.4 Å². The number of nitrogens with zero attached hydrogens (tertiary/aromatic N) is 3. The zero-order valence-electron chi connectivity index (χ0n) is 17.4. The van der Waals surface area contributed by atoms with E-state index in [1.54, 1.807) is 24.3 Å². The lowest BCUT2D eigenvalue weighted by Gasteiger charge is -2.43. The molecule has 0 aromatic heterocycles. The number of esters is 3. The number of carbonyl (C=O) groups is 3. The summed E-state index contributed by atoms with van der Waals surface area (Å²) < 4.78 is 27.0. The van der Waals surface area contributed by atoms with E-state index in [4.69, 9.17) is 29.2 Å². The Kier molecular flexibility index (Phi) is 8.98. The summed E-state index contributed by atoms with van der Waals surface area (Å²) in [4.78, 5) is 38.3. The molecular formula is C19H23N3O8S. The molecule has 1 aliphatic heterocycles. The Bertz CT molecular complexity index is 860. The van der Waals surface area contributed by atoms with Crippen molar-refractivity contribution in [1.29, 1.82) is 0 Å². The fourth-order valence-electron chi connectivity index (χ4n) is 2.98. The van der Waals surface area contributed by atoms with Crippen LogP contribution in [0.2, 0.25) is 0 Å². The third kappa shape index (κ3) is 7.06. The van der Waals surface area contributed by atoms with Crippen molar-refractivity contribution < 1.29 is 38.1 Å². The fourth-order valence-corrected chi connectivity index (χ4v) is 4.14. The molecule has 1 saturated heterocycles. The van der Waals surface area contributed by atoms with Gasteiger partial charge in [-0.15, -0.1) is 0 Å². The first-order valence-corrected chi connectivity index (χ1v) is 10.1. The molecule has 1 heterocycles. The van der Waals surface area contributed by atoms with E-state index in [0.29, 0.717) is 5.75 Å². The van der Waals surface area contributed by atoms with Crippen LogP contribution in [-0.2, 0) is 33.3 Å². The largest absolute Gasteiger partial charge is 0.497 e. The molecule has 0 N–H and O–H groups in total. The molecule has 1 fully saturated rings. The van der Waals surface area contributed by atoms with Gasteiger partial charge in [0.2, 0.25) is 0 Å². The highest BCUT2D eigenvalue weighted by Crippen LogP contribution is 2.38. The lowest BCUT2D eigenvalue weighted by Crippen LogP contribution is -2.59. The van der Waals surface area contributed by atoms with E-state index in [1.165, 1.54) is 39.6 Å². The summed E-state index contributed by atoms with van der Waals surface area (Å²) in [5.41, 5.74) is 8.24. The van der Waals surface area contributed by atoms with Gasteiger partial charge in [-0.2, -0.15) is 0 Å². The van der Waals surface area contributed by atoms with Crippen molar-refractivity contribution in [2.45, 2.75) is 55.5 Å². The molecule has 3 unspecified atom stereocenters. The second-order valence-corrected chi connectivity index (χ2v) is 7.66. The molecule has 0 aliphatic carbocycles. The zero-order chi connectivity index (χ0) is 23.0. The number of methoxy groups -OCH3 is 1. The third-order valence-corrected chi connectivity index (χ3v) is 5.29. The van der Waals surface area contributed by atoms with Gasteiger partial charge < -0.3 is 23.7 Å². The van der Waals surface area contributed by atoms with E-state index in [1.807, 2.05) is 0 Å². The van der Waals surface area contributed by atoms with E-state index in [2.05, 4.69) is 10.0 Å². The number of thioether (sulfide) groups is 1. The van der Waals surface area contributed by atoms with E-state index in [9.17, 15) is 14.4 Å². The lowest BCUT2D eigenvalue weighted by molar-refractivity contribution is -0.201. The summed E-state index contributed by atoms with van der Waals surface area (Å²) in [7, 11) is 1.53.